The van der Waals surface area contributed by atoms with E-state index >= 15 is 0 Å². The molecule has 2 heterocycles. The molecular weight excluding hydrogens is 402 g/mol. The molecule has 3 aromatic rings. The number of anilines is 1. The zero-order valence-electron chi connectivity index (χ0n) is 18.6. The molecule has 1 fully saturated rings. The minimum Gasteiger partial charge on any atom is -0.494 e. The van der Waals surface area contributed by atoms with E-state index < -0.39 is 6.04 Å². The number of aromatic nitrogens is 2. The van der Waals surface area contributed by atoms with Crippen molar-refractivity contribution in [3.63, 3.8) is 0 Å². The third-order valence-corrected chi connectivity index (χ3v) is 6.39. The Hall–Kier alpha value is -3.28. The monoisotopic (exact) mass is 431 g/mol. The molecule has 6 nitrogen and oxygen atoms in total. The normalized spacial score (nSPS) is 18.9. The highest BCUT2D eigenvalue weighted by Crippen LogP contribution is 2.42. The Morgan fingerprint density at radius 2 is 1.84 bits per heavy atom. The van der Waals surface area contributed by atoms with Crippen LogP contribution in [0.4, 0.5) is 5.95 Å². The summed E-state index contributed by atoms with van der Waals surface area (Å²) in [4.78, 5) is 18.4. The topological polar surface area (TPSA) is 65.4 Å². The standard InChI is InChI=1S/C26H29N3O3/c1-3-31-22-16-10-7-13-19(22)24-23(25(30)32-18-11-5-4-6-12-18)17(2)27-26-28-20-14-8-9-15-21(20)29(24)26/h7-10,13-16,18,24H,3-6,11-12H2,1-2H3,(H,27,28)/t24-/m0/s1. The van der Waals surface area contributed by atoms with Gasteiger partial charge in [0.15, 0.2) is 0 Å². The van der Waals surface area contributed by atoms with E-state index in [4.69, 9.17) is 14.5 Å². The largest absolute Gasteiger partial charge is 0.494 e. The predicted molar refractivity (Wildman–Crippen MR) is 125 cm³/mol. The summed E-state index contributed by atoms with van der Waals surface area (Å²) >= 11 is 0. The van der Waals surface area contributed by atoms with Gasteiger partial charge in [0.2, 0.25) is 5.95 Å². The highest BCUT2D eigenvalue weighted by atomic mass is 16.5. The van der Waals surface area contributed by atoms with Gasteiger partial charge in [-0.2, -0.15) is 0 Å². The molecule has 2 aromatic carbocycles. The Labute approximate surface area is 188 Å². The SMILES string of the molecule is CCOc1ccccc1[C@H]1C(C(=O)OC2CCCCC2)=C(C)Nc2nc3ccccc3n21. The number of esters is 1. The number of carbonyl (C=O) groups is 1. The van der Waals surface area contributed by atoms with Crippen LogP contribution < -0.4 is 10.1 Å². The van der Waals surface area contributed by atoms with E-state index in [0.29, 0.717) is 18.1 Å². The summed E-state index contributed by atoms with van der Waals surface area (Å²) in [6.07, 6.45) is 5.30. The van der Waals surface area contributed by atoms with Gasteiger partial charge in [0, 0.05) is 11.3 Å². The minimum atomic E-state index is -0.391. The number of para-hydroxylation sites is 3. The van der Waals surface area contributed by atoms with Gasteiger partial charge >= 0.3 is 5.97 Å². The number of ether oxygens (including phenoxy) is 2. The summed E-state index contributed by atoms with van der Waals surface area (Å²) in [7, 11) is 0. The van der Waals surface area contributed by atoms with Crippen molar-refractivity contribution in [3.8, 4) is 5.75 Å². The first-order chi connectivity index (χ1) is 15.7. The highest BCUT2D eigenvalue weighted by molar-refractivity contribution is 5.94. The first-order valence-corrected chi connectivity index (χ1v) is 11.5. The molecule has 1 aliphatic carbocycles. The van der Waals surface area contributed by atoms with Gasteiger partial charge in [0.1, 0.15) is 11.9 Å². The molecule has 166 valence electrons. The van der Waals surface area contributed by atoms with Crippen molar-refractivity contribution in [2.75, 3.05) is 11.9 Å². The summed E-state index contributed by atoms with van der Waals surface area (Å²) in [5.41, 5.74) is 4.14. The van der Waals surface area contributed by atoms with Crippen molar-refractivity contribution in [2.45, 2.75) is 58.1 Å². The number of allylic oxidation sites excluding steroid dienone is 1. The Bertz CT molecular complexity index is 1170. The Kier molecular flexibility index (Phi) is 5.60. The number of rotatable bonds is 5. The van der Waals surface area contributed by atoms with Gasteiger partial charge in [-0.05, 0) is 57.7 Å². The van der Waals surface area contributed by atoms with Gasteiger partial charge in [0.25, 0.3) is 0 Å². The molecule has 5 rings (SSSR count). The maximum atomic E-state index is 13.6. The summed E-state index contributed by atoms with van der Waals surface area (Å²) in [6.45, 7) is 4.44. The molecular formula is C26H29N3O3. The van der Waals surface area contributed by atoms with Crippen molar-refractivity contribution in [3.05, 3.63) is 65.4 Å². The number of hydrogen-bond acceptors (Lipinski definition) is 5. The van der Waals surface area contributed by atoms with Crippen molar-refractivity contribution >= 4 is 23.0 Å². The lowest BCUT2D eigenvalue weighted by molar-refractivity contribution is -0.146. The number of imidazole rings is 1. The van der Waals surface area contributed by atoms with Crippen LogP contribution in [0, 0.1) is 0 Å². The molecule has 1 atom stereocenters. The highest BCUT2D eigenvalue weighted by Gasteiger charge is 2.37. The van der Waals surface area contributed by atoms with E-state index in [-0.39, 0.29) is 12.1 Å². The van der Waals surface area contributed by atoms with Crippen LogP contribution in [0.25, 0.3) is 11.0 Å². The average Bonchev–Trinajstić information content (AvgIpc) is 3.17. The van der Waals surface area contributed by atoms with Gasteiger partial charge in [-0.15, -0.1) is 0 Å². The third-order valence-electron chi connectivity index (χ3n) is 6.39. The fourth-order valence-corrected chi connectivity index (χ4v) is 4.91. The third kappa shape index (κ3) is 3.64. The van der Waals surface area contributed by atoms with Crippen LogP contribution >= 0.6 is 0 Å². The molecule has 0 amide bonds. The number of fused-ring (bicyclic) bond motifs is 3. The van der Waals surface area contributed by atoms with E-state index in [9.17, 15) is 4.79 Å². The maximum Gasteiger partial charge on any atom is 0.338 e. The average molecular weight is 432 g/mol. The van der Waals surface area contributed by atoms with Gasteiger partial charge in [0.05, 0.1) is 29.3 Å². The second kappa shape index (κ2) is 8.69. The fourth-order valence-electron chi connectivity index (χ4n) is 4.91. The molecule has 1 N–H and O–H groups in total. The lowest BCUT2D eigenvalue weighted by atomic mass is 9.93. The number of carbonyl (C=O) groups excluding carboxylic acids is 1. The number of benzene rings is 2. The van der Waals surface area contributed by atoms with Crippen LogP contribution in [0.1, 0.15) is 57.6 Å². The van der Waals surface area contributed by atoms with Crippen LogP contribution in [-0.4, -0.2) is 28.2 Å². The van der Waals surface area contributed by atoms with Crippen molar-refractivity contribution < 1.29 is 14.3 Å². The molecule has 1 aromatic heterocycles. The second-order valence-electron chi connectivity index (χ2n) is 8.50. The van der Waals surface area contributed by atoms with E-state index in [1.54, 1.807) is 0 Å². The zero-order valence-corrected chi connectivity index (χ0v) is 18.6. The summed E-state index contributed by atoms with van der Waals surface area (Å²) in [5, 5.41) is 3.36. The number of nitrogens with zero attached hydrogens (tertiary/aromatic N) is 2. The molecule has 32 heavy (non-hydrogen) atoms. The van der Waals surface area contributed by atoms with Gasteiger partial charge in [-0.1, -0.05) is 36.8 Å². The number of hydrogen-bond donors (Lipinski definition) is 1. The molecule has 1 aliphatic heterocycles. The van der Waals surface area contributed by atoms with E-state index in [1.807, 2.05) is 62.4 Å². The number of nitrogens with one attached hydrogen (secondary N) is 1. The van der Waals surface area contributed by atoms with Crippen molar-refractivity contribution in [1.29, 1.82) is 0 Å². The zero-order chi connectivity index (χ0) is 22.1. The molecule has 0 unspecified atom stereocenters. The summed E-state index contributed by atoms with van der Waals surface area (Å²) < 4.78 is 14.1. The quantitative estimate of drug-likeness (QED) is 0.533. The van der Waals surface area contributed by atoms with Crippen molar-refractivity contribution in [1.82, 2.24) is 9.55 Å². The molecule has 0 bridgehead atoms. The molecule has 0 spiro atoms. The van der Waals surface area contributed by atoms with Crippen LogP contribution in [0.2, 0.25) is 0 Å². The molecule has 1 saturated carbocycles. The predicted octanol–water partition coefficient (Wildman–Crippen LogP) is 5.60. The molecule has 0 saturated heterocycles. The summed E-state index contributed by atoms with van der Waals surface area (Å²) in [6, 6.07) is 15.5. The Balaban J connectivity index is 1.65. The van der Waals surface area contributed by atoms with E-state index in [0.717, 1.165) is 53.7 Å². The molecule has 0 radical (unpaired) electrons. The smallest absolute Gasteiger partial charge is 0.338 e. The Morgan fingerprint density at radius 3 is 2.66 bits per heavy atom. The van der Waals surface area contributed by atoms with Crippen LogP contribution in [0.3, 0.4) is 0 Å². The van der Waals surface area contributed by atoms with Gasteiger partial charge < -0.3 is 14.8 Å². The first-order valence-electron chi connectivity index (χ1n) is 11.5. The van der Waals surface area contributed by atoms with E-state index in [1.165, 1.54) is 6.42 Å². The van der Waals surface area contributed by atoms with Crippen LogP contribution in [0.5, 0.6) is 5.75 Å². The maximum absolute atomic E-state index is 13.6. The second-order valence-corrected chi connectivity index (χ2v) is 8.50. The first kappa shape index (κ1) is 20.6. The van der Waals surface area contributed by atoms with Gasteiger partial charge in [-0.25, -0.2) is 9.78 Å². The minimum absolute atomic E-state index is 0.0136. The van der Waals surface area contributed by atoms with Crippen LogP contribution in [-0.2, 0) is 9.53 Å². The lowest BCUT2D eigenvalue weighted by Gasteiger charge is -2.32. The summed E-state index contributed by atoms with van der Waals surface area (Å²) in [5.74, 6) is 1.22. The molecule has 2 aliphatic rings. The van der Waals surface area contributed by atoms with Crippen molar-refractivity contribution in [2.24, 2.45) is 0 Å². The lowest BCUT2D eigenvalue weighted by Crippen LogP contribution is -2.31. The van der Waals surface area contributed by atoms with Crippen LogP contribution in [0.15, 0.2) is 59.8 Å². The van der Waals surface area contributed by atoms with Gasteiger partial charge in [-0.3, -0.25) is 4.57 Å². The Morgan fingerprint density at radius 1 is 1.09 bits per heavy atom. The van der Waals surface area contributed by atoms with E-state index in [2.05, 4.69) is 9.88 Å². The molecule has 6 heteroatoms. The fraction of sp³-hybridized carbons (Fsp3) is 0.385.